The average Bonchev–Trinajstić information content (AvgIpc) is 3.66. The molecule has 3 aliphatic rings. The second-order valence-electron chi connectivity index (χ2n) is 13.1. The highest BCUT2D eigenvalue weighted by Gasteiger charge is 2.52. The molecule has 0 atom stereocenters. The third kappa shape index (κ3) is 4.00. The first-order chi connectivity index (χ1) is 25.3. The van der Waals surface area contributed by atoms with Gasteiger partial charge in [0.1, 0.15) is 0 Å². The van der Waals surface area contributed by atoms with Crippen molar-refractivity contribution in [3.63, 3.8) is 0 Å². The Morgan fingerprint density at radius 1 is 0.314 bits per heavy atom. The van der Waals surface area contributed by atoms with Gasteiger partial charge < -0.3 is 9.47 Å². The molecule has 0 bridgehead atoms. The summed E-state index contributed by atoms with van der Waals surface area (Å²) in [4.78, 5) is 15.1. The van der Waals surface area contributed by atoms with Gasteiger partial charge in [-0.25, -0.2) is 15.0 Å². The van der Waals surface area contributed by atoms with E-state index >= 15 is 0 Å². The third-order valence-electron chi connectivity index (χ3n) is 10.4. The van der Waals surface area contributed by atoms with Crippen LogP contribution >= 0.6 is 0 Å². The van der Waals surface area contributed by atoms with Crippen LogP contribution in [-0.2, 0) is 5.41 Å². The van der Waals surface area contributed by atoms with Crippen molar-refractivity contribution in [2.45, 2.75) is 5.41 Å². The second-order valence-corrected chi connectivity index (χ2v) is 13.1. The minimum Gasteiger partial charge on any atom is -0.450 e. The summed E-state index contributed by atoms with van der Waals surface area (Å²) < 4.78 is 13.0. The maximum absolute atomic E-state index is 6.53. The quantitative estimate of drug-likeness (QED) is 0.190. The number of aromatic nitrogens is 3. The Balaban J connectivity index is 1.18. The molecule has 5 nitrogen and oxygen atoms in total. The van der Waals surface area contributed by atoms with Crippen LogP contribution in [0.15, 0.2) is 164 Å². The van der Waals surface area contributed by atoms with Gasteiger partial charge in [-0.15, -0.1) is 0 Å². The predicted molar refractivity (Wildman–Crippen MR) is 199 cm³/mol. The molecule has 8 aromatic rings. The van der Waals surface area contributed by atoms with Crippen LogP contribution in [-0.4, -0.2) is 15.0 Å². The Bertz CT molecular complexity index is 2600. The largest absolute Gasteiger partial charge is 0.450 e. The Morgan fingerprint density at radius 3 is 1.35 bits per heavy atom. The summed E-state index contributed by atoms with van der Waals surface area (Å²) in [5.74, 6) is 4.73. The number of ether oxygens (including phenoxy) is 2. The van der Waals surface area contributed by atoms with Crippen molar-refractivity contribution in [1.82, 2.24) is 15.0 Å². The first kappa shape index (κ1) is 28.0. The van der Waals surface area contributed by atoms with Crippen molar-refractivity contribution < 1.29 is 9.47 Å². The summed E-state index contributed by atoms with van der Waals surface area (Å²) in [6.45, 7) is 0. The summed E-state index contributed by atoms with van der Waals surface area (Å²) in [6.07, 6.45) is 0. The highest BCUT2D eigenvalue weighted by Crippen LogP contribution is 2.65. The van der Waals surface area contributed by atoms with E-state index in [2.05, 4.69) is 78.9 Å². The van der Waals surface area contributed by atoms with E-state index in [9.17, 15) is 0 Å². The van der Waals surface area contributed by atoms with Crippen LogP contribution < -0.4 is 9.47 Å². The van der Waals surface area contributed by atoms with E-state index in [1.807, 2.05) is 84.9 Å². The molecule has 238 valence electrons. The van der Waals surface area contributed by atoms with E-state index in [4.69, 9.17) is 24.4 Å². The number of benzene rings is 7. The monoisotopic (exact) mass is 653 g/mol. The van der Waals surface area contributed by atoms with Gasteiger partial charge >= 0.3 is 0 Å². The Kier molecular flexibility index (Phi) is 5.81. The van der Waals surface area contributed by atoms with E-state index in [0.29, 0.717) is 40.5 Å². The van der Waals surface area contributed by atoms with Gasteiger partial charge in [-0.3, -0.25) is 0 Å². The normalized spacial score (nSPS) is 13.6. The fraction of sp³-hybridized carbons (Fsp3) is 0.0217. The van der Waals surface area contributed by atoms with Gasteiger partial charge in [0.05, 0.1) is 5.41 Å². The van der Waals surface area contributed by atoms with Crippen molar-refractivity contribution in [3.8, 4) is 79.4 Å². The van der Waals surface area contributed by atoms with Crippen LogP contribution in [0.25, 0.3) is 56.4 Å². The summed E-state index contributed by atoms with van der Waals surface area (Å²) in [5.41, 5.74) is 11.8. The number of para-hydroxylation sites is 2. The van der Waals surface area contributed by atoms with Crippen LogP contribution in [0.2, 0.25) is 0 Å². The molecule has 1 aliphatic heterocycles. The lowest BCUT2D eigenvalue weighted by Crippen LogP contribution is -2.26. The summed E-state index contributed by atoms with van der Waals surface area (Å²) in [6, 6.07) is 56.6. The fourth-order valence-electron chi connectivity index (χ4n) is 8.23. The molecule has 0 unspecified atom stereocenters. The molecular weight excluding hydrogens is 627 g/mol. The van der Waals surface area contributed by atoms with Crippen molar-refractivity contribution in [2.24, 2.45) is 0 Å². The van der Waals surface area contributed by atoms with Crippen molar-refractivity contribution in [2.75, 3.05) is 0 Å². The van der Waals surface area contributed by atoms with Crippen LogP contribution in [0.3, 0.4) is 0 Å². The first-order valence-corrected chi connectivity index (χ1v) is 17.1. The van der Waals surface area contributed by atoms with Crippen molar-refractivity contribution >= 4 is 0 Å². The maximum atomic E-state index is 6.53. The van der Waals surface area contributed by atoms with Gasteiger partial charge in [0.25, 0.3) is 0 Å². The van der Waals surface area contributed by atoms with Crippen LogP contribution in [0.1, 0.15) is 22.3 Å². The molecule has 1 spiro atoms. The molecule has 2 heterocycles. The summed E-state index contributed by atoms with van der Waals surface area (Å²) in [7, 11) is 0. The minimum absolute atomic E-state index is 0.596. The average molecular weight is 654 g/mol. The smallest absolute Gasteiger partial charge is 0.170 e. The molecular formula is C46H27N3O2. The Morgan fingerprint density at radius 2 is 0.765 bits per heavy atom. The molecule has 51 heavy (non-hydrogen) atoms. The maximum Gasteiger partial charge on any atom is 0.170 e. The van der Waals surface area contributed by atoms with Crippen LogP contribution in [0.5, 0.6) is 23.0 Å². The van der Waals surface area contributed by atoms with Gasteiger partial charge in [-0.1, -0.05) is 133 Å². The van der Waals surface area contributed by atoms with E-state index in [0.717, 1.165) is 27.8 Å². The lowest BCUT2D eigenvalue weighted by Gasteiger charge is -2.31. The Labute approximate surface area is 294 Å². The zero-order valence-electron chi connectivity index (χ0n) is 27.2. The van der Waals surface area contributed by atoms with Crippen molar-refractivity contribution in [1.29, 1.82) is 0 Å². The zero-order valence-corrected chi connectivity index (χ0v) is 27.2. The highest BCUT2D eigenvalue weighted by atomic mass is 16.6. The first-order valence-electron chi connectivity index (χ1n) is 17.1. The molecule has 2 aliphatic carbocycles. The lowest BCUT2D eigenvalue weighted by molar-refractivity contribution is 0.359. The molecule has 0 saturated carbocycles. The second kappa shape index (κ2) is 10.6. The number of fused-ring (bicyclic) bond motifs is 12. The van der Waals surface area contributed by atoms with E-state index in [1.165, 1.54) is 33.4 Å². The molecule has 0 N–H and O–H groups in total. The van der Waals surface area contributed by atoms with E-state index < -0.39 is 5.41 Å². The number of rotatable bonds is 3. The molecule has 7 aromatic carbocycles. The van der Waals surface area contributed by atoms with Crippen LogP contribution in [0, 0.1) is 0 Å². The number of nitrogens with zero attached hydrogens (tertiary/aromatic N) is 3. The van der Waals surface area contributed by atoms with Gasteiger partial charge in [0.15, 0.2) is 40.5 Å². The van der Waals surface area contributed by atoms with Crippen molar-refractivity contribution in [3.05, 3.63) is 186 Å². The molecule has 0 amide bonds. The SMILES string of the molecule is c1ccc(-c2nc(-c3ccccc3)nc(-c3ccc4c(c3)C3(c5ccccc5-c5ccccc53)c3cc5c(cc3-4)Oc3ccccc3O5)n2)cc1. The number of hydrogen-bond acceptors (Lipinski definition) is 5. The molecule has 11 rings (SSSR count). The van der Waals surface area contributed by atoms with E-state index in [1.54, 1.807) is 0 Å². The topological polar surface area (TPSA) is 57.1 Å². The standard InChI is InChI=1S/C46H27N3O2/c1-3-13-28(14-4-1)43-47-44(29-15-5-2-6-16-29)49-45(48-43)30-23-24-33-34-26-41-42(51-40-22-12-11-21-39(40)50-41)27-38(34)46(37(33)25-30)35-19-9-7-17-31(35)32-18-8-10-20-36(32)46/h1-27H. The van der Waals surface area contributed by atoms with Gasteiger partial charge in [0, 0.05) is 16.7 Å². The summed E-state index contributed by atoms with van der Waals surface area (Å²) in [5, 5.41) is 0. The molecule has 1 aromatic heterocycles. The fourth-order valence-corrected chi connectivity index (χ4v) is 8.23. The molecule has 0 saturated heterocycles. The molecule has 0 fully saturated rings. The minimum atomic E-state index is -0.596. The zero-order chi connectivity index (χ0) is 33.5. The number of hydrogen-bond donors (Lipinski definition) is 0. The summed E-state index contributed by atoms with van der Waals surface area (Å²) >= 11 is 0. The van der Waals surface area contributed by atoms with Gasteiger partial charge in [0.2, 0.25) is 0 Å². The highest BCUT2D eigenvalue weighted by molar-refractivity contribution is 5.96. The molecule has 5 heteroatoms. The Hall–Kier alpha value is -6.85. The third-order valence-corrected chi connectivity index (χ3v) is 10.4. The van der Waals surface area contributed by atoms with Crippen LogP contribution in [0.4, 0.5) is 0 Å². The lowest BCUT2D eigenvalue weighted by atomic mass is 9.70. The molecule has 0 radical (unpaired) electrons. The van der Waals surface area contributed by atoms with Gasteiger partial charge in [-0.2, -0.15) is 0 Å². The van der Waals surface area contributed by atoms with E-state index in [-0.39, 0.29) is 0 Å². The van der Waals surface area contributed by atoms with Gasteiger partial charge in [-0.05, 0) is 74.8 Å². The predicted octanol–water partition coefficient (Wildman–Crippen LogP) is 11.1.